The van der Waals surface area contributed by atoms with Crippen LogP contribution < -0.4 is 5.69 Å². The van der Waals surface area contributed by atoms with Crippen molar-refractivity contribution in [1.82, 2.24) is 14.1 Å². The molecule has 3 aromatic rings. The summed E-state index contributed by atoms with van der Waals surface area (Å²) in [5.74, 6) is 0. The molecule has 3 rings (SSSR count). The number of halogens is 2. The van der Waals surface area contributed by atoms with Crippen molar-refractivity contribution in [3.8, 4) is 0 Å². The van der Waals surface area contributed by atoms with E-state index in [9.17, 15) is 4.79 Å². The molecule has 104 valence electrons. The van der Waals surface area contributed by atoms with Crippen LogP contribution in [0.4, 0.5) is 0 Å². The van der Waals surface area contributed by atoms with Gasteiger partial charge < -0.3 is 0 Å². The van der Waals surface area contributed by atoms with Crippen molar-refractivity contribution < 1.29 is 0 Å². The van der Waals surface area contributed by atoms with Gasteiger partial charge in [-0.3, -0.25) is 9.13 Å². The highest BCUT2D eigenvalue weighted by Gasteiger charge is 2.14. The van der Waals surface area contributed by atoms with Crippen LogP contribution in [0.5, 0.6) is 0 Å². The summed E-state index contributed by atoms with van der Waals surface area (Å²) >= 11 is 12.2. The van der Waals surface area contributed by atoms with Crippen molar-refractivity contribution in [3.05, 3.63) is 38.9 Å². The Hall–Kier alpha value is -1.52. The lowest BCUT2D eigenvalue weighted by Gasteiger charge is -2.04. The lowest BCUT2D eigenvalue weighted by molar-refractivity contribution is 0.671. The molecule has 20 heavy (non-hydrogen) atoms. The third-order valence-corrected chi connectivity index (χ3v) is 4.01. The maximum Gasteiger partial charge on any atom is 0.329 e. The number of hydrogen-bond acceptors (Lipinski definition) is 2. The van der Waals surface area contributed by atoms with E-state index < -0.39 is 0 Å². The second kappa shape index (κ2) is 4.79. The average molecular weight is 310 g/mol. The summed E-state index contributed by atoms with van der Waals surface area (Å²) in [5.41, 5.74) is 2.42. The smallest absolute Gasteiger partial charge is 0.292 e. The number of rotatable bonds is 2. The van der Waals surface area contributed by atoms with Crippen molar-refractivity contribution in [2.24, 2.45) is 0 Å². The number of pyridine rings is 1. The van der Waals surface area contributed by atoms with E-state index in [-0.39, 0.29) is 5.69 Å². The number of aryl methyl sites for hydroxylation is 2. The van der Waals surface area contributed by atoms with Gasteiger partial charge in [0.05, 0.1) is 21.6 Å². The Morgan fingerprint density at radius 1 is 1.05 bits per heavy atom. The minimum atomic E-state index is -0.0116. The van der Waals surface area contributed by atoms with Crippen LogP contribution in [-0.4, -0.2) is 14.1 Å². The number of aromatic nitrogens is 3. The number of imidazole rings is 1. The van der Waals surface area contributed by atoms with Gasteiger partial charge >= 0.3 is 5.69 Å². The Kier molecular flexibility index (Phi) is 3.22. The summed E-state index contributed by atoms with van der Waals surface area (Å²) in [6.45, 7) is 5.13. The van der Waals surface area contributed by atoms with Crippen LogP contribution in [0.2, 0.25) is 10.2 Å². The van der Waals surface area contributed by atoms with E-state index in [1.54, 1.807) is 15.2 Å². The first kappa shape index (κ1) is 13.5. The molecule has 0 radical (unpaired) electrons. The highest BCUT2D eigenvalue weighted by Crippen LogP contribution is 2.29. The Morgan fingerprint density at radius 3 is 2.25 bits per heavy atom. The molecule has 0 spiro atoms. The van der Waals surface area contributed by atoms with Gasteiger partial charge in [0.1, 0.15) is 5.15 Å². The van der Waals surface area contributed by atoms with Crippen LogP contribution >= 0.6 is 23.2 Å². The number of benzene rings is 1. The van der Waals surface area contributed by atoms with Gasteiger partial charge in [-0.1, -0.05) is 23.2 Å². The summed E-state index contributed by atoms with van der Waals surface area (Å²) in [7, 11) is 0. The van der Waals surface area contributed by atoms with Gasteiger partial charge in [-0.2, -0.15) is 0 Å². The molecule has 0 aliphatic heterocycles. The highest BCUT2D eigenvalue weighted by molar-refractivity contribution is 6.38. The molecule has 1 aromatic carbocycles. The van der Waals surface area contributed by atoms with E-state index in [1.165, 1.54) is 0 Å². The fraction of sp³-hybridized carbons (Fsp3) is 0.286. The molecule has 0 amide bonds. The minimum absolute atomic E-state index is 0.0116. The Morgan fingerprint density at radius 2 is 1.65 bits per heavy atom. The first-order valence-electron chi connectivity index (χ1n) is 6.45. The summed E-state index contributed by atoms with van der Waals surface area (Å²) < 4.78 is 3.47. The Bertz CT molecular complexity index is 880. The zero-order chi connectivity index (χ0) is 14.4. The topological polar surface area (TPSA) is 39.8 Å². The van der Waals surface area contributed by atoms with Gasteiger partial charge in [-0.05, 0) is 32.0 Å². The third kappa shape index (κ3) is 1.83. The van der Waals surface area contributed by atoms with Crippen LogP contribution in [0.25, 0.3) is 21.9 Å². The average Bonchev–Trinajstić information content (AvgIpc) is 2.66. The van der Waals surface area contributed by atoms with Gasteiger partial charge in [0, 0.05) is 18.5 Å². The standard InChI is InChI=1S/C14H13Cl2N3O/c1-3-18-11-5-8-9(15)6-13(16)17-10(8)7-12(11)19(4-2)14(18)20/h5-7H,3-4H2,1-2H3. The molecule has 0 aliphatic carbocycles. The van der Waals surface area contributed by atoms with Gasteiger partial charge in [0.25, 0.3) is 0 Å². The molecule has 6 heteroatoms. The number of hydrogen-bond donors (Lipinski definition) is 0. The number of fused-ring (bicyclic) bond motifs is 2. The molecule has 0 saturated carbocycles. The molecule has 0 saturated heterocycles. The van der Waals surface area contributed by atoms with E-state index in [4.69, 9.17) is 23.2 Å². The molecule has 4 nitrogen and oxygen atoms in total. The van der Waals surface area contributed by atoms with Gasteiger partial charge in [0.15, 0.2) is 0 Å². The monoisotopic (exact) mass is 309 g/mol. The van der Waals surface area contributed by atoms with Crippen molar-refractivity contribution in [2.75, 3.05) is 0 Å². The molecule has 0 atom stereocenters. The second-order valence-electron chi connectivity index (χ2n) is 4.56. The van der Waals surface area contributed by atoms with E-state index in [2.05, 4.69) is 4.98 Å². The zero-order valence-electron chi connectivity index (χ0n) is 11.2. The summed E-state index contributed by atoms with van der Waals surface area (Å²) in [5, 5.41) is 1.70. The van der Waals surface area contributed by atoms with E-state index in [0.717, 1.165) is 16.4 Å². The predicted molar refractivity (Wildman–Crippen MR) is 82.9 cm³/mol. The van der Waals surface area contributed by atoms with E-state index in [0.29, 0.717) is 28.8 Å². The molecule has 2 aromatic heterocycles. The molecule has 0 fully saturated rings. The van der Waals surface area contributed by atoms with Gasteiger partial charge in [-0.25, -0.2) is 9.78 Å². The fourth-order valence-corrected chi connectivity index (χ4v) is 3.09. The van der Waals surface area contributed by atoms with Gasteiger partial charge in [-0.15, -0.1) is 0 Å². The van der Waals surface area contributed by atoms with Crippen LogP contribution in [0.3, 0.4) is 0 Å². The summed E-state index contributed by atoms with van der Waals surface area (Å²) in [4.78, 5) is 16.6. The first-order chi connectivity index (χ1) is 9.56. The van der Waals surface area contributed by atoms with Crippen molar-refractivity contribution >= 4 is 45.1 Å². The quantitative estimate of drug-likeness (QED) is 0.677. The maximum atomic E-state index is 12.3. The van der Waals surface area contributed by atoms with Crippen molar-refractivity contribution in [3.63, 3.8) is 0 Å². The molecular formula is C14H13Cl2N3O. The van der Waals surface area contributed by atoms with E-state index >= 15 is 0 Å². The molecule has 0 aliphatic rings. The molecule has 2 heterocycles. The third-order valence-electron chi connectivity index (χ3n) is 3.50. The fourth-order valence-electron chi connectivity index (χ4n) is 2.57. The Balaban J connectivity index is 2.54. The first-order valence-corrected chi connectivity index (χ1v) is 7.21. The van der Waals surface area contributed by atoms with Crippen LogP contribution in [-0.2, 0) is 13.1 Å². The summed E-state index contributed by atoms with van der Waals surface area (Å²) in [6.07, 6.45) is 0. The zero-order valence-corrected chi connectivity index (χ0v) is 12.7. The normalized spacial score (nSPS) is 11.6. The molecule has 0 N–H and O–H groups in total. The molecule has 0 unspecified atom stereocenters. The predicted octanol–water partition coefficient (Wildman–Crippen LogP) is 3.70. The lowest BCUT2D eigenvalue weighted by atomic mass is 10.2. The Labute approximate surface area is 125 Å². The highest BCUT2D eigenvalue weighted by atomic mass is 35.5. The molecular weight excluding hydrogens is 297 g/mol. The van der Waals surface area contributed by atoms with E-state index in [1.807, 2.05) is 26.0 Å². The van der Waals surface area contributed by atoms with Crippen molar-refractivity contribution in [1.29, 1.82) is 0 Å². The van der Waals surface area contributed by atoms with Crippen LogP contribution in [0.15, 0.2) is 23.0 Å². The van der Waals surface area contributed by atoms with Crippen molar-refractivity contribution in [2.45, 2.75) is 26.9 Å². The largest absolute Gasteiger partial charge is 0.329 e. The SMILES string of the molecule is CCn1c(=O)n(CC)c2cc3c(Cl)cc(Cl)nc3cc21. The van der Waals surface area contributed by atoms with Gasteiger partial charge in [0.2, 0.25) is 0 Å². The summed E-state index contributed by atoms with van der Waals surface area (Å²) in [6, 6.07) is 5.40. The second-order valence-corrected chi connectivity index (χ2v) is 5.35. The molecule has 0 bridgehead atoms. The lowest BCUT2D eigenvalue weighted by Crippen LogP contribution is -2.22. The van der Waals surface area contributed by atoms with Crippen LogP contribution in [0, 0.1) is 0 Å². The minimum Gasteiger partial charge on any atom is -0.292 e. The van der Waals surface area contributed by atoms with Crippen LogP contribution in [0.1, 0.15) is 13.8 Å². The maximum absolute atomic E-state index is 12.3. The number of nitrogens with zero attached hydrogens (tertiary/aromatic N) is 3.